The molecule has 1 amide bonds. The molecular weight excluding hydrogens is 247 g/mol. The van der Waals surface area contributed by atoms with Crippen LogP contribution in [0.3, 0.4) is 0 Å². The van der Waals surface area contributed by atoms with Crippen molar-refractivity contribution in [3.63, 3.8) is 0 Å². The third-order valence-corrected chi connectivity index (χ3v) is 2.05. The summed E-state index contributed by atoms with van der Waals surface area (Å²) in [5, 5.41) is 1.71. The molecule has 0 aliphatic heterocycles. The van der Waals surface area contributed by atoms with E-state index in [0.29, 0.717) is 0 Å². The number of rotatable bonds is 1. The quantitative estimate of drug-likeness (QED) is 0.831. The average Bonchev–Trinajstić information content (AvgIpc) is 2.19. The minimum Gasteiger partial charge on any atom is -0.453 e. The van der Waals surface area contributed by atoms with Crippen LogP contribution in [0.5, 0.6) is 0 Å². The molecule has 0 unspecified atom stereocenters. The first-order valence-electron chi connectivity index (χ1n) is 4.07. The first kappa shape index (κ1) is 12.6. The molecule has 0 aromatic heterocycles. The van der Waals surface area contributed by atoms with Gasteiger partial charge in [-0.2, -0.15) is 13.2 Å². The van der Waals surface area contributed by atoms with Crippen LogP contribution in [-0.4, -0.2) is 13.2 Å². The summed E-state index contributed by atoms with van der Waals surface area (Å²) in [5.74, 6) is 0. The number of amides is 1. The van der Waals surface area contributed by atoms with Gasteiger partial charge in [0.15, 0.2) is 0 Å². The maximum atomic E-state index is 12.5. The fourth-order valence-corrected chi connectivity index (χ4v) is 1.26. The van der Waals surface area contributed by atoms with Gasteiger partial charge in [-0.15, -0.1) is 0 Å². The molecule has 0 fully saturated rings. The number of para-hydroxylation sites is 1. The number of carbonyl (C=O) groups excluding carboxylic acids is 1. The van der Waals surface area contributed by atoms with Gasteiger partial charge in [0.25, 0.3) is 0 Å². The summed E-state index contributed by atoms with van der Waals surface area (Å²) in [6.45, 7) is 0. The number of hydrogen-bond donors (Lipinski definition) is 1. The Hall–Kier alpha value is -1.43. The maximum Gasteiger partial charge on any atom is 0.418 e. The van der Waals surface area contributed by atoms with E-state index in [-0.39, 0.29) is 5.02 Å². The Labute approximate surface area is 94.2 Å². The van der Waals surface area contributed by atoms with Crippen molar-refractivity contribution < 1.29 is 22.7 Å². The topological polar surface area (TPSA) is 38.3 Å². The number of anilines is 1. The molecule has 0 bridgehead atoms. The fourth-order valence-electron chi connectivity index (χ4n) is 1.04. The summed E-state index contributed by atoms with van der Waals surface area (Å²) in [4.78, 5) is 10.9. The fraction of sp³-hybridized carbons (Fsp3) is 0.222. The summed E-state index contributed by atoms with van der Waals surface area (Å²) >= 11 is 5.57. The normalized spacial score (nSPS) is 11.1. The highest BCUT2D eigenvalue weighted by molar-refractivity contribution is 6.33. The molecule has 0 aliphatic rings. The molecule has 88 valence electrons. The summed E-state index contributed by atoms with van der Waals surface area (Å²) in [6.07, 6.45) is -5.61. The van der Waals surface area contributed by atoms with Crippen LogP contribution in [-0.2, 0) is 10.9 Å². The molecule has 7 heteroatoms. The van der Waals surface area contributed by atoms with Gasteiger partial charge in [-0.25, -0.2) is 4.79 Å². The second-order valence-electron chi connectivity index (χ2n) is 2.78. The summed E-state index contributed by atoms with van der Waals surface area (Å²) < 4.78 is 41.8. The molecule has 0 saturated carbocycles. The standard InChI is InChI=1S/C9H7ClF3NO2/c1-16-8(15)14-7-5(9(11,12)13)3-2-4-6(7)10/h2-4H,1H3,(H,14,15). The van der Waals surface area contributed by atoms with Crippen LogP contribution in [0.1, 0.15) is 5.56 Å². The highest BCUT2D eigenvalue weighted by Gasteiger charge is 2.34. The number of benzene rings is 1. The zero-order valence-corrected chi connectivity index (χ0v) is 8.82. The SMILES string of the molecule is COC(=O)Nc1c(Cl)cccc1C(F)(F)F. The molecule has 0 heterocycles. The van der Waals surface area contributed by atoms with Gasteiger partial charge in [-0.3, -0.25) is 5.32 Å². The lowest BCUT2D eigenvalue weighted by Gasteiger charge is -2.14. The van der Waals surface area contributed by atoms with E-state index in [1.807, 2.05) is 5.32 Å². The van der Waals surface area contributed by atoms with Crippen molar-refractivity contribution in [2.24, 2.45) is 0 Å². The lowest BCUT2D eigenvalue weighted by Crippen LogP contribution is -2.16. The van der Waals surface area contributed by atoms with Gasteiger partial charge < -0.3 is 4.74 Å². The van der Waals surface area contributed by atoms with E-state index in [1.54, 1.807) is 0 Å². The second kappa shape index (κ2) is 4.61. The van der Waals surface area contributed by atoms with Crippen LogP contribution < -0.4 is 5.32 Å². The van der Waals surface area contributed by atoms with Crippen molar-refractivity contribution >= 4 is 23.4 Å². The van der Waals surface area contributed by atoms with Crippen LogP contribution in [0.15, 0.2) is 18.2 Å². The molecule has 1 aromatic carbocycles. The van der Waals surface area contributed by atoms with Gasteiger partial charge in [-0.05, 0) is 12.1 Å². The third-order valence-electron chi connectivity index (χ3n) is 1.73. The molecule has 1 rings (SSSR count). The largest absolute Gasteiger partial charge is 0.453 e. The Kier molecular flexibility index (Phi) is 3.64. The Balaban J connectivity index is 3.19. The van der Waals surface area contributed by atoms with Crippen LogP contribution in [0.4, 0.5) is 23.7 Å². The number of hydrogen-bond acceptors (Lipinski definition) is 2. The molecule has 16 heavy (non-hydrogen) atoms. The Morgan fingerprint density at radius 1 is 1.44 bits per heavy atom. The number of halogens is 4. The first-order valence-corrected chi connectivity index (χ1v) is 4.44. The number of alkyl halides is 3. The minimum absolute atomic E-state index is 0.208. The summed E-state index contributed by atoms with van der Waals surface area (Å²) in [7, 11) is 1.04. The highest BCUT2D eigenvalue weighted by atomic mass is 35.5. The van der Waals surface area contributed by atoms with Crippen LogP contribution in [0.2, 0.25) is 5.02 Å². The van der Waals surface area contributed by atoms with E-state index in [9.17, 15) is 18.0 Å². The molecule has 0 saturated heterocycles. The van der Waals surface area contributed by atoms with E-state index in [2.05, 4.69) is 4.74 Å². The second-order valence-corrected chi connectivity index (χ2v) is 3.18. The molecular formula is C9H7ClF3NO2. The monoisotopic (exact) mass is 253 g/mol. The van der Waals surface area contributed by atoms with E-state index in [0.717, 1.165) is 19.2 Å². The summed E-state index contributed by atoms with van der Waals surface area (Å²) in [6, 6.07) is 3.20. The molecule has 0 atom stereocenters. The van der Waals surface area contributed by atoms with Gasteiger partial charge in [0.2, 0.25) is 0 Å². The third kappa shape index (κ3) is 2.79. The van der Waals surface area contributed by atoms with E-state index < -0.39 is 23.5 Å². The highest BCUT2D eigenvalue weighted by Crippen LogP contribution is 2.38. The lowest BCUT2D eigenvalue weighted by atomic mass is 10.1. The van der Waals surface area contributed by atoms with Crippen molar-refractivity contribution in [2.45, 2.75) is 6.18 Å². The molecule has 0 radical (unpaired) electrons. The van der Waals surface area contributed by atoms with Crippen LogP contribution >= 0.6 is 11.6 Å². The predicted molar refractivity (Wildman–Crippen MR) is 52.5 cm³/mol. The van der Waals surface area contributed by atoms with Crippen molar-refractivity contribution in [1.82, 2.24) is 0 Å². The number of carbonyl (C=O) groups is 1. The van der Waals surface area contributed by atoms with Crippen molar-refractivity contribution in [3.05, 3.63) is 28.8 Å². The lowest BCUT2D eigenvalue weighted by molar-refractivity contribution is -0.136. The van der Waals surface area contributed by atoms with Crippen LogP contribution in [0, 0.1) is 0 Å². The van der Waals surface area contributed by atoms with E-state index in [1.165, 1.54) is 6.07 Å². The Morgan fingerprint density at radius 3 is 2.56 bits per heavy atom. The van der Waals surface area contributed by atoms with E-state index in [4.69, 9.17) is 11.6 Å². The Morgan fingerprint density at radius 2 is 2.06 bits per heavy atom. The van der Waals surface area contributed by atoms with Crippen molar-refractivity contribution in [1.29, 1.82) is 0 Å². The zero-order chi connectivity index (χ0) is 12.3. The predicted octanol–water partition coefficient (Wildman–Crippen LogP) is 3.54. The smallest absolute Gasteiger partial charge is 0.418 e. The maximum absolute atomic E-state index is 12.5. The molecule has 1 N–H and O–H groups in total. The zero-order valence-electron chi connectivity index (χ0n) is 8.06. The van der Waals surface area contributed by atoms with Crippen molar-refractivity contribution in [2.75, 3.05) is 12.4 Å². The van der Waals surface area contributed by atoms with Gasteiger partial charge in [-0.1, -0.05) is 17.7 Å². The molecule has 0 aliphatic carbocycles. The van der Waals surface area contributed by atoms with Gasteiger partial charge in [0.1, 0.15) is 0 Å². The first-order chi connectivity index (χ1) is 7.36. The van der Waals surface area contributed by atoms with Crippen LogP contribution in [0.25, 0.3) is 0 Å². The molecule has 3 nitrogen and oxygen atoms in total. The van der Waals surface area contributed by atoms with Gasteiger partial charge in [0.05, 0.1) is 23.4 Å². The molecule has 1 aromatic rings. The van der Waals surface area contributed by atoms with E-state index >= 15 is 0 Å². The molecule has 0 spiro atoms. The number of ether oxygens (including phenoxy) is 1. The number of nitrogens with one attached hydrogen (secondary N) is 1. The minimum atomic E-state index is -4.60. The van der Waals surface area contributed by atoms with Crippen molar-refractivity contribution in [3.8, 4) is 0 Å². The Bertz CT molecular complexity index is 406. The van der Waals surface area contributed by atoms with Gasteiger partial charge >= 0.3 is 12.3 Å². The van der Waals surface area contributed by atoms with Gasteiger partial charge in [0, 0.05) is 0 Å². The average molecular weight is 254 g/mol. The number of methoxy groups -OCH3 is 1. The summed E-state index contributed by atoms with van der Waals surface area (Å²) in [5.41, 5.74) is -1.53.